The molecule has 13 heavy (non-hydrogen) atoms. The fraction of sp³-hybridized carbons (Fsp3) is 1.00. The minimum atomic E-state index is -3.11. The highest BCUT2D eigenvalue weighted by atomic mass is 32.2. The molecule has 0 aromatic heterocycles. The van der Waals surface area contributed by atoms with Crippen LogP contribution in [0.4, 0.5) is 0 Å². The molecule has 2 N–H and O–H groups in total. The van der Waals surface area contributed by atoms with Crippen molar-refractivity contribution in [2.24, 2.45) is 5.73 Å². The molecule has 5 heteroatoms. The molecule has 0 unspecified atom stereocenters. The lowest BCUT2D eigenvalue weighted by molar-refractivity contribution is 0.413. The Morgan fingerprint density at radius 1 is 1.31 bits per heavy atom. The summed E-state index contributed by atoms with van der Waals surface area (Å²) in [6.45, 7) is 6.71. The predicted molar refractivity (Wildman–Crippen MR) is 55.0 cm³/mol. The van der Waals surface area contributed by atoms with E-state index in [0.717, 1.165) is 6.42 Å². The molecule has 0 radical (unpaired) electrons. The smallest absolute Gasteiger partial charge is 0.216 e. The van der Waals surface area contributed by atoms with Gasteiger partial charge in [0.15, 0.2) is 0 Å². The summed E-state index contributed by atoms with van der Waals surface area (Å²) in [5.41, 5.74) is 5.35. The van der Waals surface area contributed by atoms with Gasteiger partial charge in [-0.25, -0.2) is 12.7 Å². The van der Waals surface area contributed by atoms with E-state index in [0.29, 0.717) is 19.6 Å². The Bertz CT molecular complexity index is 218. The summed E-state index contributed by atoms with van der Waals surface area (Å²) in [6, 6.07) is 0. The Hall–Kier alpha value is -0.130. The highest BCUT2D eigenvalue weighted by Gasteiger charge is 2.23. The van der Waals surface area contributed by atoms with Crippen LogP contribution in [0.2, 0.25) is 0 Å². The predicted octanol–water partition coefficient (Wildman–Crippen LogP) is 0.395. The van der Waals surface area contributed by atoms with Gasteiger partial charge in [0.1, 0.15) is 0 Å². The SMILES string of the molecule is CCCN(CCN)S(=O)(=O)C(C)C. The highest BCUT2D eigenvalue weighted by molar-refractivity contribution is 7.89. The van der Waals surface area contributed by atoms with Crippen molar-refractivity contribution in [3.63, 3.8) is 0 Å². The van der Waals surface area contributed by atoms with Gasteiger partial charge in [-0.1, -0.05) is 6.92 Å². The summed E-state index contributed by atoms with van der Waals surface area (Å²) in [4.78, 5) is 0. The summed E-state index contributed by atoms with van der Waals surface area (Å²) in [5, 5.41) is -0.356. The van der Waals surface area contributed by atoms with Gasteiger partial charge in [-0.2, -0.15) is 0 Å². The van der Waals surface area contributed by atoms with Gasteiger partial charge >= 0.3 is 0 Å². The molecule has 0 saturated heterocycles. The van der Waals surface area contributed by atoms with Crippen LogP contribution < -0.4 is 5.73 Å². The standard InChI is InChI=1S/C8H20N2O2S/c1-4-6-10(7-5-9)13(11,12)8(2)3/h8H,4-7,9H2,1-3H3. The molecule has 0 aromatic carbocycles. The fourth-order valence-corrected chi connectivity index (χ4v) is 2.45. The van der Waals surface area contributed by atoms with Gasteiger partial charge in [-0.05, 0) is 20.3 Å². The van der Waals surface area contributed by atoms with Crippen LogP contribution in [0.25, 0.3) is 0 Å². The van der Waals surface area contributed by atoms with Crippen molar-refractivity contribution in [1.29, 1.82) is 0 Å². The lowest BCUT2D eigenvalue weighted by atomic mass is 10.5. The van der Waals surface area contributed by atoms with E-state index in [1.807, 2.05) is 6.92 Å². The highest BCUT2D eigenvalue weighted by Crippen LogP contribution is 2.08. The van der Waals surface area contributed by atoms with Gasteiger partial charge in [0.05, 0.1) is 5.25 Å². The third-order valence-corrected chi connectivity index (χ3v) is 4.08. The third kappa shape index (κ3) is 3.62. The van der Waals surface area contributed by atoms with Crippen LogP contribution in [0.3, 0.4) is 0 Å². The number of rotatable bonds is 6. The average Bonchev–Trinajstić information content (AvgIpc) is 2.03. The van der Waals surface area contributed by atoms with Crippen LogP contribution in [0.5, 0.6) is 0 Å². The van der Waals surface area contributed by atoms with Crippen molar-refractivity contribution >= 4 is 10.0 Å². The first-order valence-corrected chi connectivity index (χ1v) is 6.16. The molecular weight excluding hydrogens is 188 g/mol. The molecule has 0 bridgehead atoms. The van der Waals surface area contributed by atoms with E-state index in [-0.39, 0.29) is 5.25 Å². The molecule has 0 fully saturated rings. The number of nitrogens with two attached hydrogens (primary N) is 1. The number of nitrogens with zero attached hydrogens (tertiary/aromatic N) is 1. The zero-order valence-electron chi connectivity index (χ0n) is 8.66. The normalized spacial score (nSPS) is 12.8. The molecule has 0 aromatic rings. The Balaban J connectivity index is 4.52. The largest absolute Gasteiger partial charge is 0.329 e. The molecule has 0 aliphatic heterocycles. The Morgan fingerprint density at radius 2 is 1.85 bits per heavy atom. The molecule has 0 atom stereocenters. The molecule has 0 amide bonds. The maximum atomic E-state index is 11.7. The van der Waals surface area contributed by atoms with E-state index in [2.05, 4.69) is 0 Å². The second-order valence-electron chi connectivity index (χ2n) is 3.28. The van der Waals surface area contributed by atoms with Crippen molar-refractivity contribution in [3.05, 3.63) is 0 Å². The molecule has 0 aliphatic rings. The van der Waals surface area contributed by atoms with Crippen molar-refractivity contribution in [2.75, 3.05) is 19.6 Å². The summed E-state index contributed by atoms with van der Waals surface area (Å²) < 4.78 is 24.8. The van der Waals surface area contributed by atoms with Gasteiger partial charge in [-0.3, -0.25) is 0 Å². The fourth-order valence-electron chi connectivity index (χ4n) is 1.06. The number of hydrogen-bond acceptors (Lipinski definition) is 3. The second-order valence-corrected chi connectivity index (χ2v) is 5.77. The minimum absolute atomic E-state index is 0.356. The number of sulfonamides is 1. The molecule has 0 rings (SSSR count). The van der Waals surface area contributed by atoms with Crippen LogP contribution in [-0.4, -0.2) is 37.6 Å². The molecule has 0 saturated carbocycles. The molecule has 4 nitrogen and oxygen atoms in total. The molecular formula is C8H20N2O2S. The molecule has 0 aliphatic carbocycles. The summed E-state index contributed by atoms with van der Waals surface area (Å²) in [5.74, 6) is 0. The Kier molecular flexibility index (Phi) is 5.51. The Morgan fingerprint density at radius 3 is 2.15 bits per heavy atom. The Labute approximate surface area is 81.2 Å². The van der Waals surface area contributed by atoms with Crippen molar-refractivity contribution < 1.29 is 8.42 Å². The van der Waals surface area contributed by atoms with Gasteiger partial charge in [0, 0.05) is 19.6 Å². The number of hydrogen-bond donors (Lipinski definition) is 1. The van der Waals surface area contributed by atoms with E-state index in [9.17, 15) is 8.42 Å². The average molecular weight is 208 g/mol. The van der Waals surface area contributed by atoms with Crippen molar-refractivity contribution in [3.8, 4) is 0 Å². The first kappa shape index (κ1) is 12.9. The van der Waals surface area contributed by atoms with Crippen LogP contribution in [-0.2, 0) is 10.0 Å². The minimum Gasteiger partial charge on any atom is -0.329 e. The van der Waals surface area contributed by atoms with Crippen LogP contribution in [0, 0.1) is 0 Å². The quantitative estimate of drug-likeness (QED) is 0.687. The van der Waals surface area contributed by atoms with Crippen LogP contribution in [0.1, 0.15) is 27.2 Å². The van der Waals surface area contributed by atoms with Gasteiger partial charge in [0.25, 0.3) is 0 Å². The molecule has 80 valence electrons. The van der Waals surface area contributed by atoms with Gasteiger partial charge in [-0.15, -0.1) is 0 Å². The van der Waals surface area contributed by atoms with E-state index >= 15 is 0 Å². The first-order valence-electron chi connectivity index (χ1n) is 4.65. The van der Waals surface area contributed by atoms with E-state index in [1.165, 1.54) is 4.31 Å². The molecule has 0 spiro atoms. The topological polar surface area (TPSA) is 63.4 Å². The monoisotopic (exact) mass is 208 g/mol. The van der Waals surface area contributed by atoms with Crippen molar-refractivity contribution in [1.82, 2.24) is 4.31 Å². The zero-order valence-corrected chi connectivity index (χ0v) is 9.47. The van der Waals surface area contributed by atoms with Gasteiger partial charge in [0.2, 0.25) is 10.0 Å². The summed E-state index contributed by atoms with van der Waals surface area (Å²) in [6.07, 6.45) is 0.825. The maximum absolute atomic E-state index is 11.7. The van der Waals surface area contributed by atoms with Gasteiger partial charge < -0.3 is 5.73 Å². The zero-order chi connectivity index (χ0) is 10.5. The summed E-state index contributed by atoms with van der Waals surface area (Å²) >= 11 is 0. The lowest BCUT2D eigenvalue weighted by Gasteiger charge is -2.22. The van der Waals surface area contributed by atoms with Crippen LogP contribution >= 0.6 is 0 Å². The maximum Gasteiger partial charge on any atom is 0.216 e. The first-order chi connectivity index (χ1) is 5.96. The van der Waals surface area contributed by atoms with Crippen molar-refractivity contribution in [2.45, 2.75) is 32.4 Å². The molecule has 0 heterocycles. The lowest BCUT2D eigenvalue weighted by Crippen LogP contribution is -2.39. The third-order valence-electron chi connectivity index (χ3n) is 1.81. The van der Waals surface area contributed by atoms with E-state index < -0.39 is 10.0 Å². The van der Waals surface area contributed by atoms with Crippen LogP contribution in [0.15, 0.2) is 0 Å². The van der Waals surface area contributed by atoms with E-state index in [1.54, 1.807) is 13.8 Å². The summed E-state index contributed by atoms with van der Waals surface area (Å²) in [7, 11) is -3.11. The second kappa shape index (κ2) is 5.57. The van der Waals surface area contributed by atoms with E-state index in [4.69, 9.17) is 5.73 Å².